The lowest BCUT2D eigenvalue weighted by molar-refractivity contribution is 0.122. The molecule has 0 bridgehead atoms. The molecule has 1 aromatic carbocycles. The largest absolute Gasteiger partial charge is 0.378 e. The van der Waals surface area contributed by atoms with E-state index in [9.17, 15) is 0 Å². The second-order valence-corrected chi connectivity index (χ2v) is 5.54. The fourth-order valence-corrected chi connectivity index (χ4v) is 2.71. The molecule has 2 aromatic heterocycles. The highest BCUT2D eigenvalue weighted by Crippen LogP contribution is 2.23. The summed E-state index contributed by atoms with van der Waals surface area (Å²) in [6.45, 7) is 3.18. The Morgan fingerprint density at radius 1 is 1.08 bits per heavy atom. The Hall–Kier alpha value is -2.93. The van der Waals surface area contributed by atoms with E-state index in [1.54, 1.807) is 12.5 Å². The SMILES string of the molecule is c1cc(Nc2cc(N3CCOCC3)ncn2)cc(-c2ccn[nH]2)c1. The average molecular weight is 322 g/mol. The van der Waals surface area contributed by atoms with Crippen LogP contribution in [-0.2, 0) is 4.74 Å². The molecule has 122 valence electrons. The molecular weight excluding hydrogens is 304 g/mol. The highest BCUT2D eigenvalue weighted by molar-refractivity contribution is 5.68. The quantitative estimate of drug-likeness (QED) is 0.768. The lowest BCUT2D eigenvalue weighted by Crippen LogP contribution is -2.36. The zero-order chi connectivity index (χ0) is 16.2. The topological polar surface area (TPSA) is 79.0 Å². The maximum atomic E-state index is 5.39. The second-order valence-electron chi connectivity index (χ2n) is 5.54. The van der Waals surface area contributed by atoms with Gasteiger partial charge in [-0.2, -0.15) is 5.10 Å². The van der Waals surface area contributed by atoms with Gasteiger partial charge in [-0.05, 0) is 18.2 Å². The van der Waals surface area contributed by atoms with Crippen LogP contribution in [0.2, 0.25) is 0 Å². The highest BCUT2D eigenvalue weighted by atomic mass is 16.5. The minimum atomic E-state index is 0.735. The molecule has 0 saturated carbocycles. The van der Waals surface area contributed by atoms with Crippen LogP contribution in [0.15, 0.2) is 48.9 Å². The lowest BCUT2D eigenvalue weighted by Gasteiger charge is -2.27. The van der Waals surface area contributed by atoms with Gasteiger partial charge in [0.15, 0.2) is 0 Å². The number of nitrogens with one attached hydrogen (secondary N) is 2. The molecule has 0 spiro atoms. The summed E-state index contributed by atoms with van der Waals surface area (Å²) in [5.74, 6) is 1.69. The van der Waals surface area contributed by atoms with Gasteiger partial charge < -0.3 is 15.0 Å². The smallest absolute Gasteiger partial charge is 0.135 e. The maximum absolute atomic E-state index is 5.39. The first-order chi connectivity index (χ1) is 11.9. The Morgan fingerprint density at radius 3 is 2.83 bits per heavy atom. The van der Waals surface area contributed by atoms with Gasteiger partial charge in [0.05, 0.1) is 18.9 Å². The van der Waals surface area contributed by atoms with Gasteiger partial charge in [-0.15, -0.1) is 0 Å². The zero-order valence-electron chi connectivity index (χ0n) is 13.1. The molecule has 0 amide bonds. The van der Waals surface area contributed by atoms with Crippen LogP contribution in [0.25, 0.3) is 11.3 Å². The van der Waals surface area contributed by atoms with Crippen LogP contribution in [0, 0.1) is 0 Å². The Balaban J connectivity index is 1.54. The molecule has 0 aliphatic carbocycles. The molecule has 4 rings (SSSR count). The van der Waals surface area contributed by atoms with Gasteiger partial charge in [-0.3, -0.25) is 5.10 Å². The van der Waals surface area contributed by atoms with Crippen LogP contribution in [0.1, 0.15) is 0 Å². The first kappa shape index (κ1) is 14.6. The summed E-state index contributed by atoms with van der Waals surface area (Å²) in [6, 6.07) is 12.0. The third kappa shape index (κ3) is 3.21. The molecule has 1 saturated heterocycles. The van der Waals surface area contributed by atoms with Gasteiger partial charge in [0.1, 0.15) is 18.0 Å². The molecule has 0 atom stereocenters. The third-order valence-corrected chi connectivity index (χ3v) is 3.93. The number of anilines is 3. The van der Waals surface area contributed by atoms with Gasteiger partial charge in [-0.1, -0.05) is 12.1 Å². The fourth-order valence-electron chi connectivity index (χ4n) is 2.71. The summed E-state index contributed by atoms with van der Waals surface area (Å²) >= 11 is 0. The van der Waals surface area contributed by atoms with Crippen molar-refractivity contribution in [1.29, 1.82) is 0 Å². The van der Waals surface area contributed by atoms with Crippen molar-refractivity contribution in [3.05, 3.63) is 48.9 Å². The normalized spacial score (nSPS) is 14.6. The average Bonchev–Trinajstić information content (AvgIpc) is 3.18. The van der Waals surface area contributed by atoms with E-state index in [1.165, 1.54) is 0 Å². The van der Waals surface area contributed by atoms with Gasteiger partial charge in [0, 0.05) is 36.6 Å². The molecule has 1 fully saturated rings. The minimum absolute atomic E-state index is 0.735. The van der Waals surface area contributed by atoms with E-state index in [4.69, 9.17) is 4.74 Å². The van der Waals surface area contributed by atoms with E-state index in [0.717, 1.165) is 54.9 Å². The summed E-state index contributed by atoms with van der Waals surface area (Å²) in [6.07, 6.45) is 3.33. The summed E-state index contributed by atoms with van der Waals surface area (Å²) in [5.41, 5.74) is 3.02. The molecular formula is C17H18N6O. The molecule has 2 N–H and O–H groups in total. The molecule has 3 aromatic rings. The number of aromatic amines is 1. The van der Waals surface area contributed by atoms with E-state index in [-0.39, 0.29) is 0 Å². The van der Waals surface area contributed by atoms with Crippen molar-refractivity contribution < 1.29 is 4.74 Å². The summed E-state index contributed by atoms with van der Waals surface area (Å²) in [4.78, 5) is 10.9. The third-order valence-electron chi connectivity index (χ3n) is 3.93. The molecule has 0 radical (unpaired) electrons. The van der Waals surface area contributed by atoms with Crippen LogP contribution in [0.4, 0.5) is 17.3 Å². The number of ether oxygens (including phenoxy) is 1. The molecule has 7 nitrogen and oxygen atoms in total. The number of hydrogen-bond acceptors (Lipinski definition) is 6. The molecule has 3 heterocycles. The lowest BCUT2D eigenvalue weighted by atomic mass is 10.1. The van der Waals surface area contributed by atoms with Crippen LogP contribution in [0.5, 0.6) is 0 Å². The minimum Gasteiger partial charge on any atom is -0.378 e. The highest BCUT2D eigenvalue weighted by Gasteiger charge is 2.13. The number of hydrogen-bond donors (Lipinski definition) is 2. The van der Waals surface area contributed by atoms with Crippen LogP contribution in [-0.4, -0.2) is 46.5 Å². The first-order valence-electron chi connectivity index (χ1n) is 7.90. The van der Waals surface area contributed by atoms with Crippen molar-refractivity contribution >= 4 is 17.3 Å². The molecule has 7 heteroatoms. The molecule has 24 heavy (non-hydrogen) atoms. The Kier molecular flexibility index (Phi) is 4.07. The Labute approximate surface area is 139 Å². The van der Waals surface area contributed by atoms with Gasteiger partial charge in [0.2, 0.25) is 0 Å². The van der Waals surface area contributed by atoms with Gasteiger partial charge >= 0.3 is 0 Å². The number of rotatable bonds is 4. The van der Waals surface area contributed by atoms with Gasteiger partial charge in [0.25, 0.3) is 0 Å². The summed E-state index contributed by atoms with van der Waals surface area (Å²) < 4.78 is 5.39. The van der Waals surface area contributed by atoms with Crippen molar-refractivity contribution in [3.63, 3.8) is 0 Å². The molecule has 0 unspecified atom stereocenters. The van der Waals surface area contributed by atoms with E-state index in [2.05, 4.69) is 36.4 Å². The van der Waals surface area contributed by atoms with Gasteiger partial charge in [-0.25, -0.2) is 9.97 Å². The zero-order valence-corrected chi connectivity index (χ0v) is 13.1. The van der Waals surface area contributed by atoms with Crippen LogP contribution < -0.4 is 10.2 Å². The standard InChI is InChI=1S/C17H18N6O/c1-2-13(15-4-5-20-22-15)10-14(3-1)21-16-11-17(19-12-18-16)23-6-8-24-9-7-23/h1-5,10-12H,6-9H2,(H,20,22)(H,18,19,21). The fraction of sp³-hybridized carbons (Fsp3) is 0.235. The molecule has 1 aliphatic heterocycles. The monoisotopic (exact) mass is 322 g/mol. The number of H-pyrrole nitrogens is 1. The second kappa shape index (κ2) is 6.67. The number of nitrogens with zero attached hydrogens (tertiary/aromatic N) is 4. The molecule has 1 aliphatic rings. The predicted octanol–water partition coefficient (Wildman–Crippen LogP) is 2.45. The Morgan fingerprint density at radius 2 is 2.00 bits per heavy atom. The van der Waals surface area contributed by atoms with E-state index >= 15 is 0 Å². The maximum Gasteiger partial charge on any atom is 0.135 e. The van der Waals surface area contributed by atoms with E-state index in [0.29, 0.717) is 0 Å². The van der Waals surface area contributed by atoms with Crippen molar-refractivity contribution in [2.75, 3.05) is 36.5 Å². The van der Waals surface area contributed by atoms with Crippen LogP contribution in [0.3, 0.4) is 0 Å². The van der Waals surface area contributed by atoms with Crippen LogP contribution >= 0.6 is 0 Å². The van der Waals surface area contributed by atoms with E-state index < -0.39 is 0 Å². The number of aromatic nitrogens is 4. The number of benzene rings is 1. The predicted molar refractivity (Wildman–Crippen MR) is 92.4 cm³/mol. The summed E-state index contributed by atoms with van der Waals surface area (Å²) in [7, 11) is 0. The van der Waals surface area contributed by atoms with Crippen molar-refractivity contribution in [3.8, 4) is 11.3 Å². The number of morpholine rings is 1. The first-order valence-corrected chi connectivity index (χ1v) is 7.90. The Bertz CT molecular complexity index is 798. The summed E-state index contributed by atoms with van der Waals surface area (Å²) in [5, 5.41) is 10.3. The van der Waals surface area contributed by atoms with Crippen molar-refractivity contribution in [2.45, 2.75) is 0 Å². The van der Waals surface area contributed by atoms with Crippen molar-refractivity contribution in [1.82, 2.24) is 20.2 Å². The van der Waals surface area contributed by atoms with Crippen molar-refractivity contribution in [2.24, 2.45) is 0 Å². The van der Waals surface area contributed by atoms with E-state index in [1.807, 2.05) is 30.3 Å².